The minimum absolute atomic E-state index is 0.0428. The molecule has 9 heteroatoms. The van der Waals surface area contributed by atoms with E-state index in [-0.39, 0.29) is 11.5 Å². The SMILES string of the molecule is COC(C)(C)CNCc1ccc2c(c1)C(=O)N(c1cc(-c3ccc(C#N)cc3-c3nncn3C)cc(C3CC3)n1)C2. The number of nitrogens with zero attached hydrogens (tertiary/aromatic N) is 6. The smallest absolute Gasteiger partial charge is 0.260 e. The first-order chi connectivity index (χ1) is 19.8. The molecule has 1 fully saturated rings. The lowest BCUT2D eigenvalue weighted by Gasteiger charge is -2.23. The number of benzene rings is 2. The fraction of sp³-hybridized carbons (Fsp3) is 0.344. The van der Waals surface area contributed by atoms with Gasteiger partial charge in [-0.25, -0.2) is 4.98 Å². The van der Waals surface area contributed by atoms with Crippen LogP contribution in [0.2, 0.25) is 0 Å². The second-order valence-electron chi connectivity index (χ2n) is 11.5. The van der Waals surface area contributed by atoms with Gasteiger partial charge in [-0.2, -0.15) is 5.26 Å². The summed E-state index contributed by atoms with van der Waals surface area (Å²) in [4.78, 5) is 20.5. The van der Waals surface area contributed by atoms with E-state index in [9.17, 15) is 10.1 Å². The number of methoxy groups -OCH3 is 1. The van der Waals surface area contributed by atoms with Crippen molar-refractivity contribution in [1.82, 2.24) is 25.1 Å². The minimum Gasteiger partial charge on any atom is -0.377 e. The van der Waals surface area contributed by atoms with Crippen LogP contribution in [0.1, 0.15) is 65.3 Å². The lowest BCUT2D eigenvalue weighted by atomic mass is 9.96. The average molecular weight is 548 g/mol. The van der Waals surface area contributed by atoms with Crippen molar-refractivity contribution in [2.75, 3.05) is 18.6 Å². The Balaban J connectivity index is 1.34. The van der Waals surface area contributed by atoms with Crippen molar-refractivity contribution in [3.8, 4) is 28.6 Å². The normalized spacial score (nSPS) is 14.8. The number of aryl methyl sites for hydroxylation is 1. The van der Waals surface area contributed by atoms with Crippen LogP contribution in [0.25, 0.3) is 22.5 Å². The number of nitriles is 1. The van der Waals surface area contributed by atoms with Crippen LogP contribution in [0.4, 0.5) is 5.82 Å². The van der Waals surface area contributed by atoms with Gasteiger partial charge in [0.05, 0.1) is 23.8 Å². The van der Waals surface area contributed by atoms with Crippen LogP contribution in [-0.2, 0) is 24.9 Å². The molecule has 1 N–H and O–H groups in total. The minimum atomic E-state index is -0.263. The van der Waals surface area contributed by atoms with Crippen molar-refractivity contribution in [3.05, 3.63) is 82.8 Å². The molecule has 0 saturated heterocycles. The Morgan fingerprint density at radius 2 is 1.93 bits per heavy atom. The van der Waals surface area contributed by atoms with Gasteiger partial charge >= 0.3 is 0 Å². The maximum Gasteiger partial charge on any atom is 0.260 e. The summed E-state index contributed by atoms with van der Waals surface area (Å²) in [7, 11) is 3.59. The first kappa shape index (κ1) is 26.8. The predicted octanol–water partition coefficient (Wildman–Crippen LogP) is 4.97. The van der Waals surface area contributed by atoms with Gasteiger partial charge in [0.25, 0.3) is 5.91 Å². The van der Waals surface area contributed by atoms with E-state index in [2.05, 4.69) is 33.7 Å². The summed E-state index contributed by atoms with van der Waals surface area (Å²) >= 11 is 0. The summed E-state index contributed by atoms with van der Waals surface area (Å²) in [5, 5.41) is 21.4. The lowest BCUT2D eigenvalue weighted by Crippen LogP contribution is -2.36. The molecule has 1 aliphatic heterocycles. The van der Waals surface area contributed by atoms with Gasteiger partial charge in [-0.1, -0.05) is 18.2 Å². The molecular weight excluding hydrogens is 514 g/mol. The van der Waals surface area contributed by atoms with Crippen LogP contribution < -0.4 is 10.2 Å². The summed E-state index contributed by atoms with van der Waals surface area (Å²) in [6, 6.07) is 18.0. The van der Waals surface area contributed by atoms with Crippen molar-refractivity contribution in [2.45, 2.75) is 51.3 Å². The number of carbonyl (C=O) groups is 1. The summed E-state index contributed by atoms with van der Waals surface area (Å²) in [5.41, 5.74) is 6.70. The molecule has 2 aromatic carbocycles. The van der Waals surface area contributed by atoms with Gasteiger partial charge in [0.1, 0.15) is 12.1 Å². The molecule has 6 rings (SSSR count). The predicted molar refractivity (Wildman–Crippen MR) is 156 cm³/mol. The molecule has 2 aliphatic rings. The highest BCUT2D eigenvalue weighted by Crippen LogP contribution is 2.43. The number of nitrogens with one attached hydrogen (secondary N) is 1. The molecule has 3 heterocycles. The quantitative estimate of drug-likeness (QED) is 0.315. The van der Waals surface area contributed by atoms with E-state index in [1.54, 1.807) is 18.3 Å². The number of fused-ring (bicyclic) bond motifs is 1. The summed E-state index contributed by atoms with van der Waals surface area (Å²) in [6.07, 6.45) is 3.82. The third kappa shape index (κ3) is 5.36. The van der Waals surface area contributed by atoms with Gasteiger partial charge in [-0.15, -0.1) is 10.2 Å². The molecule has 0 spiro atoms. The summed E-state index contributed by atoms with van der Waals surface area (Å²) in [5.74, 6) is 1.65. The van der Waals surface area contributed by atoms with Crippen molar-refractivity contribution in [1.29, 1.82) is 5.26 Å². The van der Waals surface area contributed by atoms with Gasteiger partial charge in [0.2, 0.25) is 0 Å². The van der Waals surface area contributed by atoms with E-state index < -0.39 is 0 Å². The fourth-order valence-corrected chi connectivity index (χ4v) is 5.22. The highest BCUT2D eigenvalue weighted by atomic mass is 16.5. The van der Waals surface area contributed by atoms with Crippen LogP contribution in [0.3, 0.4) is 0 Å². The largest absolute Gasteiger partial charge is 0.377 e. The van der Waals surface area contributed by atoms with E-state index in [0.717, 1.165) is 46.4 Å². The van der Waals surface area contributed by atoms with Crippen LogP contribution in [0, 0.1) is 11.3 Å². The Hall–Kier alpha value is -4.39. The van der Waals surface area contributed by atoms with Gasteiger partial charge < -0.3 is 14.6 Å². The number of rotatable bonds is 9. The standard InChI is InChI=1S/C32H33N7O2/c1-32(2,41-4)18-34-16-21-5-7-23-17-39(31(40)26(23)12-21)29-14-24(13-28(36-29)22-8-9-22)25-10-6-20(15-33)11-27(25)30-37-35-19-38(30)3/h5-7,10-14,19,22,34H,8-9,16-18H2,1-4H3. The van der Waals surface area contributed by atoms with Crippen LogP contribution >= 0.6 is 0 Å². The van der Waals surface area contributed by atoms with Gasteiger partial charge in [0, 0.05) is 50.0 Å². The van der Waals surface area contributed by atoms with Gasteiger partial charge in [-0.05, 0) is 79.3 Å². The number of anilines is 1. The summed E-state index contributed by atoms with van der Waals surface area (Å²) in [6.45, 7) is 5.90. The van der Waals surface area contributed by atoms with Crippen molar-refractivity contribution >= 4 is 11.7 Å². The lowest BCUT2D eigenvalue weighted by molar-refractivity contribution is 0.0230. The van der Waals surface area contributed by atoms with Crippen molar-refractivity contribution in [2.24, 2.45) is 7.05 Å². The molecule has 0 unspecified atom stereocenters. The molecule has 9 nitrogen and oxygen atoms in total. The molecule has 1 saturated carbocycles. The van der Waals surface area contributed by atoms with E-state index in [4.69, 9.17) is 9.72 Å². The first-order valence-electron chi connectivity index (χ1n) is 13.9. The molecular formula is C32H33N7O2. The van der Waals surface area contributed by atoms with E-state index in [1.807, 2.05) is 61.9 Å². The number of hydrogen-bond donors (Lipinski definition) is 1. The number of aromatic nitrogens is 4. The zero-order chi connectivity index (χ0) is 28.7. The molecule has 208 valence electrons. The summed E-state index contributed by atoms with van der Waals surface area (Å²) < 4.78 is 7.34. The highest BCUT2D eigenvalue weighted by molar-refractivity contribution is 6.10. The Morgan fingerprint density at radius 3 is 2.63 bits per heavy atom. The van der Waals surface area contributed by atoms with E-state index >= 15 is 0 Å². The maximum atomic E-state index is 13.7. The second-order valence-corrected chi connectivity index (χ2v) is 11.5. The number of carbonyl (C=O) groups excluding carboxylic acids is 1. The maximum absolute atomic E-state index is 13.7. The highest BCUT2D eigenvalue weighted by Gasteiger charge is 2.32. The van der Waals surface area contributed by atoms with Gasteiger partial charge in [0.15, 0.2) is 5.82 Å². The van der Waals surface area contributed by atoms with E-state index in [0.29, 0.717) is 48.3 Å². The van der Waals surface area contributed by atoms with Crippen molar-refractivity contribution in [3.63, 3.8) is 0 Å². The van der Waals surface area contributed by atoms with E-state index in [1.165, 1.54) is 0 Å². The molecule has 1 amide bonds. The number of pyridine rings is 1. The molecule has 1 aliphatic carbocycles. The number of ether oxygens (including phenoxy) is 1. The third-order valence-corrected chi connectivity index (χ3v) is 7.93. The topological polar surface area (TPSA) is 109 Å². The Kier molecular flexibility index (Phi) is 6.89. The molecule has 4 aromatic rings. The second kappa shape index (κ2) is 10.5. The van der Waals surface area contributed by atoms with Crippen molar-refractivity contribution < 1.29 is 9.53 Å². The molecule has 2 aromatic heterocycles. The Labute approximate surface area is 239 Å². The van der Waals surface area contributed by atoms with Crippen LogP contribution in [0.15, 0.2) is 54.9 Å². The number of amides is 1. The molecule has 0 radical (unpaired) electrons. The molecule has 0 bridgehead atoms. The Bertz CT molecular complexity index is 1680. The van der Waals surface area contributed by atoms with Crippen LogP contribution in [0.5, 0.6) is 0 Å². The third-order valence-electron chi connectivity index (χ3n) is 7.93. The first-order valence-corrected chi connectivity index (χ1v) is 13.9. The zero-order valence-electron chi connectivity index (χ0n) is 23.8. The Morgan fingerprint density at radius 1 is 1.10 bits per heavy atom. The monoisotopic (exact) mass is 547 g/mol. The molecule has 0 atom stereocenters. The fourth-order valence-electron chi connectivity index (χ4n) is 5.22. The number of hydrogen-bond acceptors (Lipinski definition) is 7. The zero-order valence-corrected chi connectivity index (χ0v) is 23.8. The molecule has 41 heavy (non-hydrogen) atoms. The average Bonchev–Trinajstić information content (AvgIpc) is 3.67. The van der Waals surface area contributed by atoms with Crippen LogP contribution in [-0.4, -0.2) is 44.9 Å². The van der Waals surface area contributed by atoms with Gasteiger partial charge in [-0.3, -0.25) is 9.69 Å².